The number of carbonyl (C=O) groups is 2. The van der Waals surface area contributed by atoms with Crippen LogP contribution in [0, 0.1) is 6.92 Å². The minimum absolute atomic E-state index is 0.0314. The number of esters is 1. The number of aryl methyl sites for hydroxylation is 1. The van der Waals surface area contributed by atoms with Crippen molar-refractivity contribution in [3.05, 3.63) is 28.6 Å². The van der Waals surface area contributed by atoms with E-state index in [4.69, 9.17) is 9.47 Å². The molecule has 1 aromatic heterocycles. The molecular weight excluding hydrogens is 366 g/mol. The van der Waals surface area contributed by atoms with E-state index in [2.05, 4.69) is 0 Å². The number of sulfonamides is 1. The van der Waals surface area contributed by atoms with Crippen molar-refractivity contribution in [3.8, 4) is 0 Å². The fraction of sp³-hybridized carbons (Fsp3) is 0.375. The van der Waals surface area contributed by atoms with Crippen molar-refractivity contribution in [2.75, 3.05) is 20.8 Å². The van der Waals surface area contributed by atoms with E-state index >= 15 is 0 Å². The molecule has 0 bridgehead atoms. The summed E-state index contributed by atoms with van der Waals surface area (Å²) in [7, 11) is -1.74. The SMILES string of the molecule is CCOC(C=O)N(C)S(=O)(=O)c1c(C(=O)OC)sc2cc(C)ccc12. The van der Waals surface area contributed by atoms with Crippen LogP contribution < -0.4 is 0 Å². The summed E-state index contributed by atoms with van der Waals surface area (Å²) >= 11 is 1.04. The molecule has 9 heteroatoms. The summed E-state index contributed by atoms with van der Waals surface area (Å²) < 4.78 is 37.5. The lowest BCUT2D eigenvalue weighted by Gasteiger charge is -2.23. The summed E-state index contributed by atoms with van der Waals surface area (Å²) in [4.78, 5) is 23.1. The lowest BCUT2D eigenvalue weighted by atomic mass is 10.2. The first-order valence-electron chi connectivity index (χ1n) is 7.44. The standard InChI is InChI=1S/C16H19NO6S2/c1-5-23-13(9-18)17(3)25(20,21)15-11-7-6-10(2)8-12(11)24-14(15)16(19)22-4/h6-9,13H,5H2,1-4H3. The van der Waals surface area contributed by atoms with Crippen LogP contribution in [0.1, 0.15) is 22.2 Å². The predicted octanol–water partition coefficient (Wildman–Crippen LogP) is 2.18. The smallest absolute Gasteiger partial charge is 0.349 e. The topological polar surface area (TPSA) is 90.0 Å². The molecule has 1 unspecified atom stereocenters. The summed E-state index contributed by atoms with van der Waals surface area (Å²) in [5.74, 6) is -0.745. The fourth-order valence-corrected chi connectivity index (χ4v) is 5.41. The maximum Gasteiger partial charge on any atom is 0.349 e. The molecule has 0 aliphatic heterocycles. The molecule has 2 aromatic rings. The average molecular weight is 385 g/mol. The number of fused-ring (bicyclic) bond motifs is 1. The van der Waals surface area contributed by atoms with E-state index in [-0.39, 0.29) is 16.4 Å². The molecule has 0 aliphatic rings. The first kappa shape index (κ1) is 19.5. The highest BCUT2D eigenvalue weighted by Gasteiger charge is 2.35. The number of likely N-dealkylation sites (N-methyl/N-ethyl adjacent to an activating group) is 1. The van der Waals surface area contributed by atoms with Crippen LogP contribution >= 0.6 is 11.3 Å². The van der Waals surface area contributed by atoms with Gasteiger partial charge in [-0.1, -0.05) is 12.1 Å². The Labute approximate surface area is 150 Å². The zero-order chi connectivity index (χ0) is 18.8. The monoisotopic (exact) mass is 385 g/mol. The second-order valence-corrected chi connectivity index (χ2v) is 8.24. The molecule has 25 heavy (non-hydrogen) atoms. The number of carbonyl (C=O) groups excluding carboxylic acids is 2. The van der Waals surface area contributed by atoms with Gasteiger partial charge in [-0.3, -0.25) is 4.79 Å². The summed E-state index contributed by atoms with van der Waals surface area (Å²) in [6.45, 7) is 3.69. The lowest BCUT2D eigenvalue weighted by molar-refractivity contribution is -0.123. The van der Waals surface area contributed by atoms with Crippen LogP contribution in [-0.2, 0) is 24.3 Å². The molecule has 0 saturated heterocycles. The molecule has 1 atom stereocenters. The van der Waals surface area contributed by atoms with E-state index in [1.165, 1.54) is 14.2 Å². The second-order valence-electron chi connectivity index (χ2n) is 5.25. The number of benzene rings is 1. The van der Waals surface area contributed by atoms with Gasteiger partial charge in [0.2, 0.25) is 10.0 Å². The predicted molar refractivity (Wildman–Crippen MR) is 94.3 cm³/mol. The van der Waals surface area contributed by atoms with Crippen molar-refractivity contribution in [1.29, 1.82) is 0 Å². The summed E-state index contributed by atoms with van der Waals surface area (Å²) in [5, 5.41) is 0.406. The average Bonchev–Trinajstić information content (AvgIpc) is 2.97. The quantitative estimate of drug-likeness (QED) is 0.412. The summed E-state index contributed by atoms with van der Waals surface area (Å²) in [6.07, 6.45) is -0.877. The Morgan fingerprint density at radius 1 is 1.40 bits per heavy atom. The highest BCUT2D eigenvalue weighted by Crippen LogP contribution is 2.37. The Kier molecular flexibility index (Phi) is 5.94. The Balaban J connectivity index is 2.72. The van der Waals surface area contributed by atoms with E-state index in [9.17, 15) is 18.0 Å². The van der Waals surface area contributed by atoms with Gasteiger partial charge < -0.3 is 9.47 Å². The van der Waals surface area contributed by atoms with Gasteiger partial charge in [-0.15, -0.1) is 11.3 Å². The van der Waals surface area contributed by atoms with Crippen LogP contribution in [0.3, 0.4) is 0 Å². The summed E-state index contributed by atoms with van der Waals surface area (Å²) in [6, 6.07) is 5.20. The van der Waals surface area contributed by atoms with Gasteiger partial charge >= 0.3 is 5.97 Å². The highest BCUT2D eigenvalue weighted by atomic mass is 32.2. The Morgan fingerprint density at radius 3 is 2.64 bits per heavy atom. The largest absolute Gasteiger partial charge is 0.465 e. The van der Waals surface area contributed by atoms with Gasteiger partial charge in [0.05, 0.1) is 7.11 Å². The van der Waals surface area contributed by atoms with Gasteiger partial charge in [-0.25, -0.2) is 13.2 Å². The molecule has 0 N–H and O–H groups in total. The number of thiophene rings is 1. The normalized spacial score (nSPS) is 13.2. The first-order chi connectivity index (χ1) is 11.8. The lowest BCUT2D eigenvalue weighted by Crippen LogP contribution is -2.40. The van der Waals surface area contributed by atoms with Gasteiger partial charge in [0.15, 0.2) is 12.5 Å². The van der Waals surface area contributed by atoms with Crippen LogP contribution in [0.4, 0.5) is 0 Å². The van der Waals surface area contributed by atoms with Gasteiger partial charge in [0, 0.05) is 23.7 Å². The van der Waals surface area contributed by atoms with Gasteiger partial charge in [-0.05, 0) is 25.5 Å². The molecule has 0 radical (unpaired) electrons. The minimum Gasteiger partial charge on any atom is -0.465 e. The first-order valence-corrected chi connectivity index (χ1v) is 9.70. The zero-order valence-corrected chi connectivity index (χ0v) is 15.9. The molecule has 1 heterocycles. The number of nitrogens with zero attached hydrogens (tertiary/aromatic N) is 1. The van der Waals surface area contributed by atoms with E-state index in [1.54, 1.807) is 25.1 Å². The maximum atomic E-state index is 13.1. The molecule has 2 rings (SSSR count). The maximum absolute atomic E-state index is 13.1. The summed E-state index contributed by atoms with van der Waals surface area (Å²) in [5.41, 5.74) is 0.933. The second kappa shape index (κ2) is 7.61. The Bertz CT molecular complexity index is 903. The van der Waals surface area contributed by atoms with Gasteiger partial charge in [0.1, 0.15) is 9.77 Å². The zero-order valence-electron chi connectivity index (χ0n) is 14.3. The number of ether oxygens (including phenoxy) is 2. The molecule has 0 saturated carbocycles. The van der Waals surface area contributed by atoms with Crippen molar-refractivity contribution in [2.24, 2.45) is 0 Å². The molecule has 0 fully saturated rings. The number of hydrogen-bond acceptors (Lipinski definition) is 7. The third kappa shape index (κ3) is 3.59. The van der Waals surface area contributed by atoms with Crippen molar-refractivity contribution < 1.29 is 27.5 Å². The highest BCUT2D eigenvalue weighted by molar-refractivity contribution is 7.89. The van der Waals surface area contributed by atoms with Crippen LogP contribution in [-0.4, -0.2) is 52.0 Å². The number of hydrogen-bond donors (Lipinski definition) is 0. The molecular formula is C16H19NO6S2. The van der Waals surface area contributed by atoms with Crippen LogP contribution in [0.2, 0.25) is 0 Å². The van der Waals surface area contributed by atoms with Gasteiger partial charge in [-0.2, -0.15) is 4.31 Å². The van der Waals surface area contributed by atoms with Crippen LogP contribution in [0.5, 0.6) is 0 Å². The van der Waals surface area contributed by atoms with Crippen molar-refractivity contribution in [1.82, 2.24) is 4.31 Å². The Morgan fingerprint density at radius 2 is 2.08 bits per heavy atom. The number of methoxy groups -OCH3 is 1. The molecule has 136 valence electrons. The number of aldehydes is 1. The van der Waals surface area contributed by atoms with Gasteiger partial charge in [0.25, 0.3) is 0 Å². The molecule has 0 spiro atoms. The third-order valence-electron chi connectivity index (χ3n) is 3.62. The Hall–Kier alpha value is -1.81. The van der Waals surface area contributed by atoms with Crippen molar-refractivity contribution in [3.63, 3.8) is 0 Å². The fourth-order valence-electron chi connectivity index (χ4n) is 2.34. The van der Waals surface area contributed by atoms with E-state index < -0.39 is 22.2 Å². The molecule has 1 aromatic carbocycles. The van der Waals surface area contributed by atoms with E-state index in [0.29, 0.717) is 16.4 Å². The van der Waals surface area contributed by atoms with E-state index in [0.717, 1.165) is 21.2 Å². The van der Waals surface area contributed by atoms with Crippen LogP contribution in [0.15, 0.2) is 23.1 Å². The van der Waals surface area contributed by atoms with Crippen LogP contribution in [0.25, 0.3) is 10.1 Å². The molecule has 7 nitrogen and oxygen atoms in total. The van der Waals surface area contributed by atoms with Crippen molar-refractivity contribution >= 4 is 43.7 Å². The van der Waals surface area contributed by atoms with Crippen molar-refractivity contribution in [2.45, 2.75) is 25.0 Å². The molecule has 0 aliphatic carbocycles. The molecule has 0 amide bonds. The van der Waals surface area contributed by atoms with E-state index in [1.807, 2.05) is 6.92 Å². The minimum atomic E-state index is -4.17. The number of rotatable bonds is 7. The third-order valence-corrected chi connectivity index (χ3v) is 6.79.